The topological polar surface area (TPSA) is 38.8 Å². The second kappa shape index (κ2) is 6.24. The molecule has 112 valence electrons. The lowest BCUT2D eigenvalue weighted by Crippen LogP contribution is -2.37. The highest BCUT2D eigenvalue weighted by atomic mass is 32.2. The highest BCUT2D eigenvalue weighted by Gasteiger charge is 2.23. The Balaban J connectivity index is 2.34. The number of hydrogen-bond acceptors (Lipinski definition) is 3. The van der Waals surface area contributed by atoms with E-state index in [2.05, 4.69) is 20.8 Å². The number of morpholine rings is 1. The molecule has 1 aromatic carbocycles. The summed E-state index contributed by atoms with van der Waals surface area (Å²) in [5.74, 6) is 0.683. The number of methoxy groups -OCH3 is 1. The fourth-order valence-electron chi connectivity index (χ4n) is 2.13. The molecule has 1 fully saturated rings. The second-order valence-corrected chi connectivity index (χ2v) is 7.36. The van der Waals surface area contributed by atoms with Crippen LogP contribution < -0.4 is 4.74 Å². The van der Waals surface area contributed by atoms with Crippen LogP contribution in [0.5, 0.6) is 5.75 Å². The fourth-order valence-corrected chi connectivity index (χ4v) is 3.44. The van der Waals surface area contributed by atoms with Crippen molar-refractivity contribution in [1.82, 2.24) is 4.31 Å². The van der Waals surface area contributed by atoms with Crippen molar-refractivity contribution in [2.45, 2.75) is 31.1 Å². The summed E-state index contributed by atoms with van der Waals surface area (Å²) in [6.45, 7) is 9.09. The minimum absolute atomic E-state index is 0.0240. The molecule has 1 unspecified atom stereocenters. The predicted molar refractivity (Wildman–Crippen MR) is 80.5 cm³/mol. The number of hydrogen-bond donors (Lipinski definition) is 0. The first-order valence-corrected chi connectivity index (χ1v) is 7.97. The third-order valence-corrected chi connectivity index (χ3v) is 4.95. The first kappa shape index (κ1) is 15.5. The van der Waals surface area contributed by atoms with Gasteiger partial charge in [-0.15, -0.1) is 0 Å². The quantitative estimate of drug-likeness (QED) is 0.859. The Kier molecular flexibility index (Phi) is 4.83. The monoisotopic (exact) mass is 297 g/mol. The minimum atomic E-state index is -1.20. The fraction of sp³-hybridized carbons (Fsp3) is 0.600. The van der Waals surface area contributed by atoms with Crippen LogP contribution in [0.15, 0.2) is 23.1 Å². The molecule has 0 amide bonds. The maximum absolute atomic E-state index is 12.8. The zero-order chi connectivity index (χ0) is 14.8. The Hall–Kier alpha value is -0.910. The van der Waals surface area contributed by atoms with Crippen LogP contribution in [-0.4, -0.2) is 41.9 Å². The molecule has 0 aromatic heterocycles. The van der Waals surface area contributed by atoms with Gasteiger partial charge in [0.25, 0.3) is 0 Å². The third-order valence-electron chi connectivity index (χ3n) is 3.42. The molecule has 1 atom stereocenters. The standard InChI is InChI=1S/C15H23NO3S/c1-15(2,3)12-5-6-13(18-4)14(11-12)20(17)16-7-9-19-10-8-16/h5-6,11H,7-10H2,1-4H3. The molecular formula is C15H23NO3S. The van der Waals surface area contributed by atoms with Gasteiger partial charge in [0, 0.05) is 13.1 Å². The third kappa shape index (κ3) is 3.40. The van der Waals surface area contributed by atoms with Crippen LogP contribution >= 0.6 is 0 Å². The zero-order valence-electron chi connectivity index (χ0n) is 12.6. The van der Waals surface area contributed by atoms with Crippen molar-refractivity contribution in [2.24, 2.45) is 0 Å². The molecule has 20 heavy (non-hydrogen) atoms. The maximum atomic E-state index is 12.8. The zero-order valence-corrected chi connectivity index (χ0v) is 13.5. The number of benzene rings is 1. The molecule has 1 heterocycles. The van der Waals surface area contributed by atoms with Gasteiger partial charge in [-0.25, -0.2) is 8.51 Å². The van der Waals surface area contributed by atoms with E-state index >= 15 is 0 Å². The Labute approximate surface area is 123 Å². The Morgan fingerprint density at radius 3 is 2.45 bits per heavy atom. The maximum Gasteiger partial charge on any atom is 0.136 e. The molecule has 1 aliphatic heterocycles. The molecule has 1 saturated heterocycles. The average molecular weight is 297 g/mol. The van der Waals surface area contributed by atoms with Crippen LogP contribution in [0.3, 0.4) is 0 Å². The molecule has 1 aromatic rings. The van der Waals surface area contributed by atoms with Gasteiger partial charge < -0.3 is 9.47 Å². The van der Waals surface area contributed by atoms with Crippen molar-refractivity contribution in [2.75, 3.05) is 33.4 Å². The van der Waals surface area contributed by atoms with E-state index in [9.17, 15) is 4.21 Å². The van der Waals surface area contributed by atoms with Gasteiger partial charge in [0.05, 0.1) is 25.2 Å². The van der Waals surface area contributed by atoms with Crippen LogP contribution in [-0.2, 0) is 21.1 Å². The van der Waals surface area contributed by atoms with Crippen molar-refractivity contribution in [3.05, 3.63) is 23.8 Å². The van der Waals surface area contributed by atoms with Gasteiger partial charge in [0.2, 0.25) is 0 Å². The van der Waals surface area contributed by atoms with E-state index in [-0.39, 0.29) is 5.41 Å². The summed E-state index contributed by atoms with van der Waals surface area (Å²) in [5, 5.41) is 0. The number of ether oxygens (including phenoxy) is 2. The van der Waals surface area contributed by atoms with Gasteiger partial charge in [-0.05, 0) is 23.1 Å². The molecule has 0 spiro atoms. The van der Waals surface area contributed by atoms with Crippen molar-refractivity contribution in [3.63, 3.8) is 0 Å². The van der Waals surface area contributed by atoms with Gasteiger partial charge in [-0.1, -0.05) is 26.8 Å². The van der Waals surface area contributed by atoms with Crippen molar-refractivity contribution in [1.29, 1.82) is 0 Å². The van der Waals surface area contributed by atoms with E-state index in [0.29, 0.717) is 32.1 Å². The molecule has 4 nitrogen and oxygen atoms in total. The molecule has 0 radical (unpaired) electrons. The largest absolute Gasteiger partial charge is 0.495 e. The molecule has 2 rings (SSSR count). The van der Waals surface area contributed by atoms with Crippen LogP contribution in [0.2, 0.25) is 0 Å². The summed E-state index contributed by atoms with van der Waals surface area (Å²) in [6.07, 6.45) is 0. The summed E-state index contributed by atoms with van der Waals surface area (Å²) in [7, 11) is 0.419. The van der Waals surface area contributed by atoms with Gasteiger partial charge in [0.1, 0.15) is 16.7 Å². The smallest absolute Gasteiger partial charge is 0.136 e. The van der Waals surface area contributed by atoms with Gasteiger partial charge in [-0.2, -0.15) is 0 Å². The molecule has 1 aliphatic rings. The van der Waals surface area contributed by atoms with Crippen molar-refractivity contribution >= 4 is 11.0 Å². The van der Waals surface area contributed by atoms with Crippen LogP contribution in [0, 0.1) is 0 Å². The van der Waals surface area contributed by atoms with Gasteiger partial charge in [0.15, 0.2) is 0 Å². The second-order valence-electron chi connectivity index (χ2n) is 5.91. The Morgan fingerprint density at radius 1 is 1.25 bits per heavy atom. The minimum Gasteiger partial charge on any atom is -0.495 e. The summed E-state index contributed by atoms with van der Waals surface area (Å²) >= 11 is 0. The van der Waals surface area contributed by atoms with E-state index in [1.165, 1.54) is 0 Å². The van der Waals surface area contributed by atoms with E-state index in [4.69, 9.17) is 9.47 Å². The van der Waals surface area contributed by atoms with Gasteiger partial charge in [-0.3, -0.25) is 0 Å². The van der Waals surface area contributed by atoms with Gasteiger partial charge >= 0.3 is 0 Å². The Bertz CT molecular complexity index is 490. The SMILES string of the molecule is COc1ccc(C(C)(C)C)cc1S(=O)N1CCOCC1. The molecule has 5 heteroatoms. The number of rotatable bonds is 3. The van der Waals surface area contributed by atoms with Crippen LogP contribution in [0.1, 0.15) is 26.3 Å². The van der Waals surface area contributed by atoms with Crippen LogP contribution in [0.25, 0.3) is 0 Å². The summed E-state index contributed by atoms with van der Waals surface area (Å²) in [5.41, 5.74) is 1.19. The lowest BCUT2D eigenvalue weighted by atomic mass is 9.87. The predicted octanol–water partition coefficient (Wildman–Crippen LogP) is 2.35. The summed E-state index contributed by atoms with van der Waals surface area (Å²) in [6, 6.07) is 5.96. The Morgan fingerprint density at radius 2 is 1.90 bits per heavy atom. The highest BCUT2D eigenvalue weighted by Crippen LogP contribution is 2.31. The average Bonchev–Trinajstić information content (AvgIpc) is 2.45. The van der Waals surface area contributed by atoms with Crippen molar-refractivity contribution < 1.29 is 13.7 Å². The van der Waals surface area contributed by atoms with E-state index < -0.39 is 11.0 Å². The lowest BCUT2D eigenvalue weighted by molar-refractivity contribution is 0.0751. The molecule has 0 bridgehead atoms. The summed E-state index contributed by atoms with van der Waals surface area (Å²) in [4.78, 5) is 0.752. The van der Waals surface area contributed by atoms with E-state index in [0.717, 1.165) is 10.5 Å². The molecule has 0 saturated carbocycles. The molecular weight excluding hydrogens is 274 g/mol. The lowest BCUT2D eigenvalue weighted by Gasteiger charge is -2.27. The first-order valence-electron chi connectivity index (χ1n) is 6.86. The van der Waals surface area contributed by atoms with E-state index in [1.807, 2.05) is 22.5 Å². The van der Waals surface area contributed by atoms with Crippen LogP contribution in [0.4, 0.5) is 0 Å². The highest BCUT2D eigenvalue weighted by molar-refractivity contribution is 7.82. The number of nitrogens with zero attached hydrogens (tertiary/aromatic N) is 1. The first-order chi connectivity index (χ1) is 9.43. The van der Waals surface area contributed by atoms with Crippen molar-refractivity contribution in [3.8, 4) is 5.75 Å². The van der Waals surface area contributed by atoms with E-state index in [1.54, 1.807) is 7.11 Å². The molecule has 0 aliphatic carbocycles. The normalized spacial score (nSPS) is 18.8. The summed E-state index contributed by atoms with van der Waals surface area (Å²) < 4.78 is 25.4. The molecule has 0 N–H and O–H groups in total.